The number of cyclic esters (lactones) is 1. The molecule has 5 nitrogen and oxygen atoms in total. The third kappa shape index (κ3) is 4.58. The van der Waals surface area contributed by atoms with Crippen molar-refractivity contribution in [2.75, 3.05) is 13.1 Å². The van der Waals surface area contributed by atoms with Crippen LogP contribution >= 0.6 is 0 Å². The van der Waals surface area contributed by atoms with E-state index in [0.29, 0.717) is 31.7 Å². The molecule has 23 heavy (non-hydrogen) atoms. The predicted molar refractivity (Wildman–Crippen MR) is 87.3 cm³/mol. The maximum atomic E-state index is 12.2. The molecule has 0 bridgehead atoms. The minimum absolute atomic E-state index is 0.270. The lowest BCUT2D eigenvalue weighted by Gasteiger charge is -2.26. The molecule has 0 radical (unpaired) electrons. The smallest absolute Gasteiger partial charge is 0.410 e. The minimum Gasteiger partial charge on any atom is -0.457 e. The van der Waals surface area contributed by atoms with Crippen molar-refractivity contribution >= 4 is 12.1 Å². The van der Waals surface area contributed by atoms with E-state index in [0.717, 1.165) is 11.1 Å². The van der Waals surface area contributed by atoms with Crippen LogP contribution in [-0.2, 0) is 22.5 Å². The quantitative estimate of drug-likeness (QED) is 0.617. The fourth-order valence-corrected chi connectivity index (χ4v) is 2.35. The zero-order chi connectivity index (χ0) is 17.0. The number of ether oxygens (including phenoxy) is 2. The van der Waals surface area contributed by atoms with E-state index in [2.05, 4.69) is 6.58 Å². The lowest BCUT2D eigenvalue weighted by Crippen LogP contribution is -2.38. The molecular formula is C18H23NO4. The number of amides is 1. The molecule has 0 spiro atoms. The lowest BCUT2D eigenvalue weighted by molar-refractivity contribution is 0.0273. The van der Waals surface area contributed by atoms with Gasteiger partial charge in [0.15, 0.2) is 0 Å². The fraction of sp³-hybridized carbons (Fsp3) is 0.444. The summed E-state index contributed by atoms with van der Waals surface area (Å²) in [6.45, 7) is 10.5. The van der Waals surface area contributed by atoms with Crippen LogP contribution < -0.4 is 0 Å². The topological polar surface area (TPSA) is 55.8 Å². The van der Waals surface area contributed by atoms with Gasteiger partial charge in [0.1, 0.15) is 12.2 Å². The van der Waals surface area contributed by atoms with Gasteiger partial charge < -0.3 is 14.4 Å². The fourth-order valence-electron chi connectivity index (χ4n) is 2.35. The summed E-state index contributed by atoms with van der Waals surface area (Å²) in [7, 11) is 0. The maximum absolute atomic E-state index is 12.2. The predicted octanol–water partition coefficient (Wildman–Crippen LogP) is 3.32. The van der Waals surface area contributed by atoms with Crippen LogP contribution in [0.1, 0.15) is 42.3 Å². The molecule has 1 amide bonds. The Kier molecular flexibility index (Phi) is 5.08. The van der Waals surface area contributed by atoms with Crippen molar-refractivity contribution in [1.29, 1.82) is 0 Å². The Bertz CT molecular complexity index is 616. The van der Waals surface area contributed by atoms with Crippen LogP contribution in [-0.4, -0.2) is 35.7 Å². The molecule has 1 aliphatic rings. The van der Waals surface area contributed by atoms with Gasteiger partial charge in [-0.1, -0.05) is 18.2 Å². The van der Waals surface area contributed by atoms with Gasteiger partial charge in [-0.2, -0.15) is 0 Å². The molecule has 0 atom stereocenters. The molecule has 0 aromatic heterocycles. The first kappa shape index (κ1) is 17.1. The number of carbonyl (C=O) groups is 2. The van der Waals surface area contributed by atoms with Crippen LogP contribution in [0, 0.1) is 0 Å². The molecule has 1 aromatic carbocycles. The van der Waals surface area contributed by atoms with Crippen molar-refractivity contribution in [3.8, 4) is 0 Å². The zero-order valence-electron chi connectivity index (χ0n) is 13.9. The Morgan fingerprint density at radius 1 is 1.43 bits per heavy atom. The van der Waals surface area contributed by atoms with E-state index in [1.54, 1.807) is 17.0 Å². The van der Waals surface area contributed by atoms with Crippen LogP contribution in [0.4, 0.5) is 4.79 Å². The van der Waals surface area contributed by atoms with Gasteiger partial charge >= 0.3 is 12.1 Å². The Hall–Kier alpha value is -2.30. The maximum Gasteiger partial charge on any atom is 0.410 e. The molecule has 0 fully saturated rings. The van der Waals surface area contributed by atoms with Crippen LogP contribution in [0.25, 0.3) is 0 Å². The minimum atomic E-state index is -0.526. The lowest BCUT2D eigenvalue weighted by atomic mass is 10.0. The molecule has 0 saturated heterocycles. The van der Waals surface area contributed by atoms with Crippen molar-refractivity contribution in [3.63, 3.8) is 0 Å². The summed E-state index contributed by atoms with van der Waals surface area (Å²) in [6, 6.07) is 5.64. The van der Waals surface area contributed by atoms with E-state index in [1.165, 1.54) is 0 Å². The molecular weight excluding hydrogens is 294 g/mol. The first-order chi connectivity index (χ1) is 10.8. The van der Waals surface area contributed by atoms with Crippen molar-refractivity contribution in [1.82, 2.24) is 4.90 Å². The number of fused-ring (bicyclic) bond motifs is 1. The van der Waals surface area contributed by atoms with E-state index < -0.39 is 5.60 Å². The average molecular weight is 317 g/mol. The highest BCUT2D eigenvalue weighted by Crippen LogP contribution is 2.21. The van der Waals surface area contributed by atoms with Crippen molar-refractivity contribution < 1.29 is 19.1 Å². The standard InChI is InChI=1S/C18H23NO4/c1-5-9-19(17(21)23-18(2,3)4)10-8-13-6-7-15-14(11-13)12-22-16(15)20/h5-7,11H,1,8-10,12H2,2-4H3. The van der Waals surface area contributed by atoms with Gasteiger partial charge in [-0.05, 0) is 38.8 Å². The van der Waals surface area contributed by atoms with Gasteiger partial charge in [0, 0.05) is 18.7 Å². The largest absolute Gasteiger partial charge is 0.457 e. The summed E-state index contributed by atoms with van der Waals surface area (Å²) in [4.78, 5) is 25.3. The molecule has 0 aliphatic carbocycles. The third-order valence-electron chi connectivity index (χ3n) is 3.42. The molecule has 2 rings (SSSR count). The number of hydrogen-bond acceptors (Lipinski definition) is 4. The van der Waals surface area contributed by atoms with Crippen LogP contribution in [0.2, 0.25) is 0 Å². The molecule has 1 aliphatic heterocycles. The van der Waals surface area contributed by atoms with E-state index in [-0.39, 0.29) is 12.1 Å². The summed E-state index contributed by atoms with van der Waals surface area (Å²) in [5, 5.41) is 0. The zero-order valence-corrected chi connectivity index (χ0v) is 13.9. The highest BCUT2D eigenvalue weighted by molar-refractivity contribution is 5.93. The number of esters is 1. The van der Waals surface area contributed by atoms with E-state index in [9.17, 15) is 9.59 Å². The highest BCUT2D eigenvalue weighted by Gasteiger charge is 2.23. The Morgan fingerprint density at radius 3 is 2.83 bits per heavy atom. The van der Waals surface area contributed by atoms with Gasteiger partial charge in [-0.25, -0.2) is 9.59 Å². The molecule has 124 valence electrons. The number of rotatable bonds is 5. The molecule has 1 heterocycles. The van der Waals surface area contributed by atoms with Crippen LogP contribution in [0.15, 0.2) is 30.9 Å². The molecule has 5 heteroatoms. The second-order valence-electron chi connectivity index (χ2n) is 6.53. The number of carbonyl (C=O) groups excluding carboxylic acids is 2. The van der Waals surface area contributed by atoms with Crippen molar-refractivity contribution in [2.24, 2.45) is 0 Å². The summed E-state index contributed by atoms with van der Waals surface area (Å²) in [5.74, 6) is -0.270. The van der Waals surface area contributed by atoms with Crippen LogP contribution in [0.3, 0.4) is 0 Å². The highest BCUT2D eigenvalue weighted by atomic mass is 16.6. The second kappa shape index (κ2) is 6.86. The van der Waals surface area contributed by atoms with Crippen molar-refractivity contribution in [3.05, 3.63) is 47.5 Å². The third-order valence-corrected chi connectivity index (χ3v) is 3.42. The SMILES string of the molecule is C=CCN(CCc1ccc2c(c1)COC2=O)C(=O)OC(C)(C)C. The molecule has 0 saturated carbocycles. The first-order valence-corrected chi connectivity index (χ1v) is 7.68. The van der Waals surface area contributed by atoms with E-state index in [1.807, 2.05) is 32.9 Å². The normalized spacial score (nSPS) is 13.3. The van der Waals surface area contributed by atoms with E-state index in [4.69, 9.17) is 9.47 Å². The summed E-state index contributed by atoms with van der Waals surface area (Å²) < 4.78 is 10.4. The van der Waals surface area contributed by atoms with Gasteiger partial charge in [-0.15, -0.1) is 6.58 Å². The Labute approximate surface area is 136 Å². The monoisotopic (exact) mass is 317 g/mol. The summed E-state index contributed by atoms with van der Waals surface area (Å²) >= 11 is 0. The van der Waals surface area contributed by atoms with Gasteiger partial charge in [0.2, 0.25) is 0 Å². The molecule has 1 aromatic rings. The van der Waals surface area contributed by atoms with Gasteiger partial charge in [-0.3, -0.25) is 0 Å². The number of hydrogen-bond donors (Lipinski definition) is 0. The average Bonchev–Trinajstić information content (AvgIpc) is 2.82. The van der Waals surface area contributed by atoms with Crippen LogP contribution in [0.5, 0.6) is 0 Å². The van der Waals surface area contributed by atoms with E-state index >= 15 is 0 Å². The number of benzene rings is 1. The number of nitrogens with zero attached hydrogens (tertiary/aromatic N) is 1. The Morgan fingerprint density at radius 2 is 2.17 bits per heavy atom. The Balaban J connectivity index is 2.00. The van der Waals surface area contributed by atoms with Crippen molar-refractivity contribution in [2.45, 2.75) is 39.4 Å². The summed E-state index contributed by atoms with van der Waals surface area (Å²) in [5.41, 5.74) is 2.06. The van der Waals surface area contributed by atoms with Gasteiger partial charge in [0.25, 0.3) is 0 Å². The molecule has 0 unspecified atom stereocenters. The first-order valence-electron chi connectivity index (χ1n) is 7.68. The summed E-state index contributed by atoms with van der Waals surface area (Å²) in [6.07, 6.45) is 2.00. The van der Waals surface area contributed by atoms with Gasteiger partial charge in [0.05, 0.1) is 5.56 Å². The molecule has 0 N–H and O–H groups in total. The second-order valence-corrected chi connectivity index (χ2v) is 6.53.